The number of rotatable bonds is 15. The number of piperazine rings is 1. The molecule has 2 saturated heterocycles. The third kappa shape index (κ3) is 9.67. The molecule has 3 atom stereocenters. The Kier molecular flexibility index (Phi) is 13.1. The van der Waals surface area contributed by atoms with Crippen LogP contribution in [0.15, 0.2) is 66.2 Å². The third-order valence-corrected chi connectivity index (χ3v) is 11.7. The molecule has 314 valence electrons. The summed E-state index contributed by atoms with van der Waals surface area (Å²) in [6.45, 7) is 9.85. The third-order valence-electron chi connectivity index (χ3n) is 11.7. The number of nitrogens with one attached hydrogen (secondary N) is 4. The zero-order valence-electron chi connectivity index (χ0n) is 34.1. The van der Waals surface area contributed by atoms with E-state index in [0.717, 1.165) is 73.3 Å². The number of benzene rings is 1. The Morgan fingerprint density at radius 3 is 2.59 bits per heavy atom. The van der Waals surface area contributed by atoms with E-state index >= 15 is 0 Å². The average molecular weight is 809 g/mol. The average Bonchev–Trinajstić information content (AvgIpc) is 3.81. The van der Waals surface area contributed by atoms with E-state index in [2.05, 4.69) is 51.2 Å². The number of carbonyl (C=O) groups is 4. The lowest BCUT2D eigenvalue weighted by atomic mass is 9.98. The van der Waals surface area contributed by atoms with Gasteiger partial charge in [0.2, 0.25) is 11.8 Å². The number of anilines is 2. The van der Waals surface area contributed by atoms with Gasteiger partial charge < -0.3 is 36.0 Å². The molecule has 0 radical (unpaired) electrons. The van der Waals surface area contributed by atoms with Gasteiger partial charge in [-0.1, -0.05) is 44.6 Å². The van der Waals surface area contributed by atoms with Crippen LogP contribution in [-0.2, 0) is 22.6 Å². The number of fused-ring (bicyclic) bond motifs is 2. The lowest BCUT2D eigenvalue weighted by molar-refractivity contribution is -0.136. The number of aromatic nitrogens is 3. The normalized spacial score (nSPS) is 20.2. The first-order chi connectivity index (χ1) is 28.5. The molecule has 1 aromatic carbocycles. The van der Waals surface area contributed by atoms with Gasteiger partial charge in [-0.3, -0.25) is 24.6 Å². The number of allylic oxidation sites excluding steroid dienone is 4. The van der Waals surface area contributed by atoms with Crippen LogP contribution in [0.25, 0.3) is 5.65 Å². The van der Waals surface area contributed by atoms with Gasteiger partial charge in [0.25, 0.3) is 5.91 Å². The lowest BCUT2D eigenvalue weighted by Crippen LogP contribution is -2.52. The Labute approximate surface area is 344 Å². The Hall–Kier alpha value is -5.58. The summed E-state index contributed by atoms with van der Waals surface area (Å²) in [6.07, 6.45) is 13.9. The topological polar surface area (TPSA) is 197 Å². The number of imide groups is 1. The summed E-state index contributed by atoms with van der Waals surface area (Å²) in [5.41, 5.74) is 6.23. The van der Waals surface area contributed by atoms with Crippen LogP contribution in [0.1, 0.15) is 92.3 Å². The van der Waals surface area contributed by atoms with Crippen LogP contribution < -0.4 is 21.3 Å². The van der Waals surface area contributed by atoms with Crippen molar-refractivity contribution >= 4 is 41.0 Å². The highest BCUT2D eigenvalue weighted by atomic mass is 16.3. The predicted molar refractivity (Wildman–Crippen MR) is 223 cm³/mol. The van der Waals surface area contributed by atoms with Gasteiger partial charge in [-0.05, 0) is 80.3 Å². The smallest absolute Gasteiger partial charge is 0.321 e. The zero-order valence-corrected chi connectivity index (χ0v) is 34.1. The number of nitrogens with zero attached hydrogens (tertiary/aromatic N) is 6. The van der Waals surface area contributed by atoms with Gasteiger partial charge in [0.1, 0.15) is 17.7 Å². The van der Waals surface area contributed by atoms with Crippen LogP contribution in [0.5, 0.6) is 0 Å². The minimum atomic E-state index is -0.777. The number of carbonyl (C=O) groups excluding carboxylic acids is 4. The molecule has 16 nitrogen and oxygen atoms in total. The SMILES string of the molecule is CC(C)c1cnn2c(NC=C3C=CC(NC(=O)N4CCN(CCCCCc5cccc6c5CN(C5CCC(=O)NC5=O)C6=O)CC4)=CC3)cc(N[C@H](CO)[C@@H](C)O)nc12. The molecular formula is C43H56N10O6. The van der Waals surface area contributed by atoms with E-state index in [1.54, 1.807) is 28.6 Å². The van der Waals surface area contributed by atoms with Crippen molar-refractivity contribution < 1.29 is 29.4 Å². The van der Waals surface area contributed by atoms with Crippen molar-refractivity contribution in [2.45, 2.75) is 96.4 Å². The Morgan fingerprint density at radius 2 is 1.88 bits per heavy atom. The first-order valence-corrected chi connectivity index (χ1v) is 20.8. The van der Waals surface area contributed by atoms with Crippen molar-refractivity contribution in [1.29, 1.82) is 0 Å². The summed E-state index contributed by atoms with van der Waals surface area (Å²) < 4.78 is 1.74. The van der Waals surface area contributed by atoms with Crippen molar-refractivity contribution in [2.24, 2.45) is 0 Å². The minimum absolute atomic E-state index is 0.103. The van der Waals surface area contributed by atoms with Gasteiger partial charge in [-0.2, -0.15) is 9.61 Å². The molecule has 2 aromatic heterocycles. The molecular weight excluding hydrogens is 753 g/mol. The van der Waals surface area contributed by atoms with Crippen molar-refractivity contribution in [3.63, 3.8) is 0 Å². The summed E-state index contributed by atoms with van der Waals surface area (Å²) in [6, 6.07) is 6.34. The molecule has 59 heavy (non-hydrogen) atoms. The molecule has 7 rings (SSSR count). The second kappa shape index (κ2) is 18.6. The summed E-state index contributed by atoms with van der Waals surface area (Å²) in [7, 11) is 0. The van der Waals surface area contributed by atoms with Gasteiger partial charge in [0, 0.05) is 68.2 Å². The molecule has 1 unspecified atom stereocenters. The maximum Gasteiger partial charge on any atom is 0.321 e. The lowest BCUT2D eigenvalue weighted by Gasteiger charge is -2.34. The number of aliphatic hydroxyl groups is 2. The van der Waals surface area contributed by atoms with E-state index in [1.807, 2.05) is 41.5 Å². The monoisotopic (exact) mass is 808 g/mol. The molecule has 2 fully saturated rings. The molecule has 1 aliphatic carbocycles. The van der Waals surface area contributed by atoms with Crippen LogP contribution >= 0.6 is 0 Å². The molecule has 3 aliphatic heterocycles. The highest BCUT2D eigenvalue weighted by molar-refractivity contribution is 6.05. The Bertz CT molecular complexity index is 2150. The second-order valence-electron chi connectivity index (χ2n) is 16.2. The summed E-state index contributed by atoms with van der Waals surface area (Å²) in [5.74, 6) is 0.566. The fourth-order valence-corrected chi connectivity index (χ4v) is 8.09. The molecule has 16 heteroatoms. The second-order valence-corrected chi connectivity index (χ2v) is 16.2. The van der Waals surface area contributed by atoms with Crippen molar-refractivity contribution in [1.82, 2.24) is 39.9 Å². The van der Waals surface area contributed by atoms with E-state index in [1.165, 1.54) is 0 Å². The standard InChI is InChI=1S/C43H56N10O6/c1-27(2)33-24-45-53-38(22-37(48-40(33)53)47-35(26-54)28(3)55)44-23-29-11-13-31(14-12-29)46-43(59)51-20-18-50(19-21-51)17-6-4-5-8-30-9-7-10-32-34(30)25-52(42(32)58)36-15-16-39(56)49-41(36)57/h7,9-11,13-14,22-24,27-28,35-36,44,54-55H,4-6,8,12,15-21,25-26H2,1-3H3,(H,46,59)(H,47,48)(H,49,56,57)/t28-,35-,36?/m1/s1. The van der Waals surface area contributed by atoms with Crippen LogP contribution in [0.3, 0.4) is 0 Å². The molecule has 3 aromatic rings. The maximum atomic E-state index is 13.2. The first-order valence-electron chi connectivity index (χ1n) is 20.8. The molecule has 5 heterocycles. The molecule has 5 amide bonds. The first kappa shape index (κ1) is 41.6. The molecule has 4 aliphatic rings. The van der Waals surface area contributed by atoms with Crippen LogP contribution in [0.4, 0.5) is 16.4 Å². The van der Waals surface area contributed by atoms with E-state index in [0.29, 0.717) is 55.3 Å². The van der Waals surface area contributed by atoms with Crippen LogP contribution in [0, 0.1) is 0 Å². The van der Waals surface area contributed by atoms with E-state index < -0.39 is 18.2 Å². The number of amides is 5. The van der Waals surface area contributed by atoms with Gasteiger partial charge in [-0.25, -0.2) is 9.78 Å². The highest BCUT2D eigenvalue weighted by Crippen LogP contribution is 2.31. The predicted octanol–water partition coefficient (Wildman–Crippen LogP) is 3.65. The number of hydrogen-bond acceptors (Lipinski definition) is 11. The zero-order chi connectivity index (χ0) is 41.6. The fraction of sp³-hybridized carbons (Fsp3) is 0.488. The minimum Gasteiger partial charge on any atom is -0.394 e. The molecule has 0 spiro atoms. The number of piperidine rings is 1. The van der Waals surface area contributed by atoms with Gasteiger partial charge in [-0.15, -0.1) is 0 Å². The molecule has 0 bridgehead atoms. The number of unbranched alkanes of at least 4 members (excludes halogenated alkanes) is 2. The van der Waals surface area contributed by atoms with E-state index in [-0.39, 0.29) is 42.7 Å². The number of urea groups is 1. The number of hydrogen-bond donors (Lipinski definition) is 6. The van der Waals surface area contributed by atoms with Gasteiger partial charge in [0.05, 0.1) is 24.9 Å². The van der Waals surface area contributed by atoms with Crippen molar-refractivity contribution in [2.75, 3.05) is 50.0 Å². The largest absolute Gasteiger partial charge is 0.394 e. The van der Waals surface area contributed by atoms with E-state index in [9.17, 15) is 29.4 Å². The number of aryl methyl sites for hydroxylation is 1. The molecule has 0 saturated carbocycles. The van der Waals surface area contributed by atoms with Crippen molar-refractivity contribution in [3.05, 3.63) is 88.4 Å². The summed E-state index contributed by atoms with van der Waals surface area (Å²) >= 11 is 0. The number of aliphatic hydroxyl groups excluding tert-OH is 2. The summed E-state index contributed by atoms with van der Waals surface area (Å²) in [4.78, 5) is 61.0. The maximum absolute atomic E-state index is 13.2. The molecule has 6 N–H and O–H groups in total. The summed E-state index contributed by atoms with van der Waals surface area (Å²) in [5, 5.41) is 36.3. The quantitative estimate of drug-likeness (QED) is 0.0969. The fourth-order valence-electron chi connectivity index (χ4n) is 8.09. The van der Waals surface area contributed by atoms with E-state index in [4.69, 9.17) is 4.98 Å². The Balaban J connectivity index is 0.831. The van der Waals surface area contributed by atoms with Crippen LogP contribution in [0.2, 0.25) is 0 Å². The van der Waals surface area contributed by atoms with Gasteiger partial charge >= 0.3 is 6.03 Å². The van der Waals surface area contributed by atoms with Gasteiger partial charge in [0.15, 0.2) is 5.65 Å². The van der Waals surface area contributed by atoms with Crippen molar-refractivity contribution in [3.8, 4) is 0 Å². The Morgan fingerprint density at radius 1 is 1.07 bits per heavy atom. The highest BCUT2D eigenvalue weighted by Gasteiger charge is 2.39. The van der Waals surface area contributed by atoms with Crippen LogP contribution in [-0.4, -0.2) is 121 Å².